The molecule has 0 aliphatic carbocycles. The minimum Gasteiger partial charge on any atom is -0.433 e. The molecule has 4 rings (SSSR count). The van der Waals surface area contributed by atoms with Crippen LogP contribution in [0.3, 0.4) is 0 Å². The lowest BCUT2D eigenvalue weighted by Crippen LogP contribution is -2.01. The lowest BCUT2D eigenvalue weighted by atomic mass is 10.2. The van der Waals surface area contributed by atoms with Gasteiger partial charge in [0.1, 0.15) is 17.6 Å². The Morgan fingerprint density at radius 3 is 2.40 bits per heavy atom. The van der Waals surface area contributed by atoms with Crippen LogP contribution in [-0.2, 0) is 6.42 Å². The Kier molecular flexibility index (Phi) is 5.21. The Morgan fingerprint density at radius 2 is 1.70 bits per heavy atom. The van der Waals surface area contributed by atoms with Crippen molar-refractivity contribution in [3.8, 4) is 23.3 Å². The van der Waals surface area contributed by atoms with Crippen molar-refractivity contribution in [3.05, 3.63) is 82.3 Å². The average molecular weight is 402 g/mol. The van der Waals surface area contributed by atoms with Gasteiger partial charge in [0, 0.05) is 11.1 Å². The highest BCUT2D eigenvalue weighted by atomic mass is 16.6. The van der Waals surface area contributed by atoms with Crippen LogP contribution in [0.2, 0.25) is 0 Å². The van der Waals surface area contributed by atoms with E-state index in [1.165, 1.54) is 6.33 Å². The van der Waals surface area contributed by atoms with Crippen LogP contribution in [0.25, 0.3) is 10.9 Å². The zero-order valence-electron chi connectivity index (χ0n) is 16.4. The molecule has 30 heavy (non-hydrogen) atoms. The predicted molar refractivity (Wildman–Crippen MR) is 111 cm³/mol. The highest BCUT2D eigenvalue weighted by molar-refractivity contribution is 5.85. The van der Waals surface area contributed by atoms with Crippen molar-refractivity contribution in [2.24, 2.45) is 0 Å². The van der Waals surface area contributed by atoms with Crippen LogP contribution in [0.4, 0.5) is 5.69 Å². The SMILES string of the molecule is CCc1ccc(Oc2ncnc(Oc3cccc4ccc(C)nc34)c2[N+](=O)[O-])cc1. The van der Waals surface area contributed by atoms with E-state index in [2.05, 4.69) is 15.0 Å². The summed E-state index contributed by atoms with van der Waals surface area (Å²) in [5, 5.41) is 12.6. The Balaban J connectivity index is 1.73. The van der Waals surface area contributed by atoms with E-state index in [1.807, 2.05) is 44.2 Å². The van der Waals surface area contributed by atoms with Crippen LogP contribution >= 0.6 is 0 Å². The summed E-state index contributed by atoms with van der Waals surface area (Å²) in [7, 11) is 0. The Hall–Kier alpha value is -4.07. The van der Waals surface area contributed by atoms with Gasteiger partial charge in [0.25, 0.3) is 0 Å². The van der Waals surface area contributed by atoms with Crippen molar-refractivity contribution in [3.63, 3.8) is 0 Å². The van der Waals surface area contributed by atoms with E-state index >= 15 is 0 Å². The minimum absolute atomic E-state index is 0.196. The summed E-state index contributed by atoms with van der Waals surface area (Å²) in [6.07, 6.45) is 2.05. The first-order chi connectivity index (χ1) is 14.5. The van der Waals surface area contributed by atoms with Crippen molar-refractivity contribution in [1.29, 1.82) is 0 Å². The lowest BCUT2D eigenvalue weighted by Gasteiger charge is -2.10. The van der Waals surface area contributed by atoms with Crippen molar-refractivity contribution >= 4 is 16.6 Å². The third kappa shape index (κ3) is 3.88. The van der Waals surface area contributed by atoms with Crippen LogP contribution in [0, 0.1) is 17.0 Å². The molecule has 2 aromatic carbocycles. The number of ether oxygens (including phenoxy) is 2. The maximum Gasteiger partial charge on any atom is 0.393 e. The van der Waals surface area contributed by atoms with E-state index < -0.39 is 10.6 Å². The first kappa shape index (κ1) is 19.3. The maximum atomic E-state index is 11.8. The molecule has 0 fully saturated rings. The van der Waals surface area contributed by atoms with E-state index in [4.69, 9.17) is 9.47 Å². The molecule has 0 spiro atoms. The number of pyridine rings is 1. The van der Waals surface area contributed by atoms with Gasteiger partial charge in [-0.1, -0.05) is 37.3 Å². The summed E-state index contributed by atoms with van der Waals surface area (Å²) in [6, 6.07) is 16.4. The molecule has 2 aromatic heterocycles. The zero-order chi connectivity index (χ0) is 21.1. The molecule has 0 saturated carbocycles. The number of fused-ring (bicyclic) bond motifs is 1. The summed E-state index contributed by atoms with van der Waals surface area (Å²) < 4.78 is 11.5. The van der Waals surface area contributed by atoms with E-state index in [-0.39, 0.29) is 11.8 Å². The van der Waals surface area contributed by atoms with Gasteiger partial charge in [0.15, 0.2) is 5.75 Å². The first-order valence-corrected chi connectivity index (χ1v) is 9.35. The quantitative estimate of drug-likeness (QED) is 0.315. The van der Waals surface area contributed by atoms with Gasteiger partial charge < -0.3 is 9.47 Å². The zero-order valence-corrected chi connectivity index (χ0v) is 16.4. The van der Waals surface area contributed by atoms with Gasteiger partial charge >= 0.3 is 17.4 Å². The smallest absolute Gasteiger partial charge is 0.393 e. The molecule has 150 valence electrons. The number of nitrogens with zero attached hydrogens (tertiary/aromatic N) is 4. The number of aromatic nitrogens is 3. The molecular weight excluding hydrogens is 384 g/mol. The summed E-state index contributed by atoms with van der Waals surface area (Å²) in [6.45, 7) is 3.90. The number of rotatable bonds is 6. The molecule has 0 bridgehead atoms. The highest BCUT2D eigenvalue weighted by Crippen LogP contribution is 2.39. The fourth-order valence-corrected chi connectivity index (χ4v) is 2.96. The van der Waals surface area contributed by atoms with Crippen LogP contribution in [0.15, 0.2) is 60.9 Å². The van der Waals surface area contributed by atoms with Crippen molar-refractivity contribution in [2.75, 3.05) is 0 Å². The molecule has 0 atom stereocenters. The molecule has 8 nitrogen and oxygen atoms in total. The molecule has 0 amide bonds. The van der Waals surface area contributed by atoms with Gasteiger partial charge in [-0.05, 0) is 43.2 Å². The summed E-state index contributed by atoms with van der Waals surface area (Å²) in [5.74, 6) is 0.378. The molecule has 8 heteroatoms. The summed E-state index contributed by atoms with van der Waals surface area (Å²) >= 11 is 0. The third-order valence-electron chi connectivity index (χ3n) is 4.51. The van der Waals surface area contributed by atoms with Gasteiger partial charge in [-0.3, -0.25) is 10.1 Å². The van der Waals surface area contributed by atoms with Crippen molar-refractivity contribution in [1.82, 2.24) is 15.0 Å². The van der Waals surface area contributed by atoms with Crippen LogP contribution in [0.1, 0.15) is 18.2 Å². The molecular formula is C22H18N4O4. The highest BCUT2D eigenvalue weighted by Gasteiger charge is 2.27. The normalized spacial score (nSPS) is 10.7. The molecule has 0 aliphatic heterocycles. The number of benzene rings is 2. The molecule has 0 N–H and O–H groups in total. The van der Waals surface area contributed by atoms with Crippen LogP contribution in [-0.4, -0.2) is 19.9 Å². The second-order valence-electron chi connectivity index (χ2n) is 6.57. The minimum atomic E-state index is -0.616. The van der Waals surface area contributed by atoms with Gasteiger partial charge in [-0.15, -0.1) is 0 Å². The van der Waals surface area contributed by atoms with Gasteiger partial charge in [0.2, 0.25) is 0 Å². The average Bonchev–Trinajstić information content (AvgIpc) is 2.74. The fourth-order valence-electron chi connectivity index (χ4n) is 2.96. The van der Waals surface area contributed by atoms with Gasteiger partial charge in [0.05, 0.1) is 4.92 Å². The van der Waals surface area contributed by atoms with Gasteiger partial charge in [-0.25, -0.2) is 4.98 Å². The Morgan fingerprint density at radius 1 is 0.967 bits per heavy atom. The summed E-state index contributed by atoms with van der Waals surface area (Å²) in [5.41, 5.74) is 2.06. The molecule has 0 saturated heterocycles. The van der Waals surface area contributed by atoms with E-state index in [0.717, 1.165) is 23.1 Å². The second kappa shape index (κ2) is 8.12. The van der Waals surface area contributed by atoms with Crippen molar-refractivity contribution < 1.29 is 14.4 Å². The molecule has 0 radical (unpaired) electrons. The van der Waals surface area contributed by atoms with E-state index in [0.29, 0.717) is 17.0 Å². The maximum absolute atomic E-state index is 11.8. The number of hydrogen-bond acceptors (Lipinski definition) is 7. The van der Waals surface area contributed by atoms with Crippen LogP contribution in [0.5, 0.6) is 23.3 Å². The Labute approximate surface area is 172 Å². The first-order valence-electron chi connectivity index (χ1n) is 9.35. The lowest BCUT2D eigenvalue weighted by molar-refractivity contribution is -0.387. The molecule has 2 heterocycles. The molecule has 0 unspecified atom stereocenters. The van der Waals surface area contributed by atoms with E-state index in [1.54, 1.807) is 24.3 Å². The van der Waals surface area contributed by atoms with Crippen LogP contribution < -0.4 is 9.47 Å². The number of aryl methyl sites for hydroxylation is 2. The summed E-state index contributed by atoms with van der Waals surface area (Å²) in [4.78, 5) is 23.6. The second-order valence-corrected chi connectivity index (χ2v) is 6.57. The Bertz CT molecular complexity index is 1230. The fraction of sp³-hybridized carbons (Fsp3) is 0.136. The largest absolute Gasteiger partial charge is 0.433 e. The molecule has 0 aliphatic rings. The number of para-hydroxylation sites is 1. The monoisotopic (exact) mass is 402 g/mol. The predicted octanol–water partition coefficient (Wildman–Crippen LogP) is 5.39. The number of hydrogen-bond donors (Lipinski definition) is 0. The number of nitro groups is 1. The standard InChI is InChI=1S/C22H18N4O4/c1-3-15-8-11-17(12-9-15)29-21-20(26(27)28)22(24-13-23-21)30-18-6-4-5-16-10-7-14(2)25-19(16)18/h4-13H,3H2,1-2H3. The van der Waals surface area contributed by atoms with E-state index in [9.17, 15) is 10.1 Å². The van der Waals surface area contributed by atoms with Gasteiger partial charge in [-0.2, -0.15) is 9.97 Å². The molecule has 4 aromatic rings. The van der Waals surface area contributed by atoms with Crippen molar-refractivity contribution in [2.45, 2.75) is 20.3 Å². The topological polar surface area (TPSA) is 100 Å². The third-order valence-corrected chi connectivity index (χ3v) is 4.51.